The summed E-state index contributed by atoms with van der Waals surface area (Å²) in [7, 11) is 1.52. The van der Waals surface area contributed by atoms with Gasteiger partial charge in [-0.3, -0.25) is 4.79 Å². The molecule has 0 unspecified atom stereocenters. The van der Waals surface area contributed by atoms with Gasteiger partial charge in [-0.1, -0.05) is 37.6 Å². The highest BCUT2D eigenvalue weighted by atomic mass is 35.5. The Balaban J connectivity index is 1.69. The van der Waals surface area contributed by atoms with Crippen molar-refractivity contribution in [3.8, 4) is 11.5 Å². The van der Waals surface area contributed by atoms with E-state index in [9.17, 15) is 4.79 Å². The van der Waals surface area contributed by atoms with E-state index < -0.39 is 0 Å². The first-order valence-corrected chi connectivity index (χ1v) is 9.58. The molecule has 0 spiro atoms. The van der Waals surface area contributed by atoms with Crippen molar-refractivity contribution in [2.45, 2.75) is 26.8 Å². The third-order valence-corrected chi connectivity index (χ3v) is 4.57. The number of carbonyl (C=O) groups excluding carboxylic acids is 1. The number of ether oxygens (including phenoxy) is 2. The molecule has 148 valence electrons. The van der Waals surface area contributed by atoms with Gasteiger partial charge in [-0.25, -0.2) is 4.98 Å². The molecule has 0 saturated heterocycles. The van der Waals surface area contributed by atoms with E-state index in [1.807, 2.05) is 24.3 Å². The van der Waals surface area contributed by atoms with Gasteiger partial charge < -0.3 is 19.8 Å². The average Bonchev–Trinajstić information content (AvgIpc) is 3.09. The summed E-state index contributed by atoms with van der Waals surface area (Å²) in [5.41, 5.74) is 2.19. The molecule has 3 aromatic rings. The van der Waals surface area contributed by atoms with Crippen LogP contribution in [0.4, 0.5) is 0 Å². The number of methoxy groups -OCH3 is 1. The minimum atomic E-state index is -0.269. The normalized spacial score (nSPS) is 11.0. The number of hydrogen-bond donors (Lipinski definition) is 2. The Kier molecular flexibility index (Phi) is 6.41. The molecule has 6 nitrogen and oxygen atoms in total. The van der Waals surface area contributed by atoms with Gasteiger partial charge in [-0.05, 0) is 36.6 Å². The number of amides is 1. The van der Waals surface area contributed by atoms with Crippen LogP contribution in [0.25, 0.3) is 11.0 Å². The molecule has 1 aromatic heterocycles. The summed E-state index contributed by atoms with van der Waals surface area (Å²) in [4.78, 5) is 20.2. The fourth-order valence-corrected chi connectivity index (χ4v) is 3.01. The summed E-state index contributed by atoms with van der Waals surface area (Å²) in [6, 6.07) is 10.9. The number of fused-ring (bicyclic) bond motifs is 1. The van der Waals surface area contributed by atoms with Gasteiger partial charge in [0.1, 0.15) is 5.82 Å². The van der Waals surface area contributed by atoms with Crippen LogP contribution in [0.1, 0.15) is 36.5 Å². The van der Waals surface area contributed by atoms with Gasteiger partial charge in [0.25, 0.3) is 5.91 Å². The molecule has 0 bridgehead atoms. The van der Waals surface area contributed by atoms with Crippen LogP contribution in [0, 0.1) is 5.92 Å². The smallest absolute Gasteiger partial charge is 0.251 e. The largest absolute Gasteiger partial charge is 0.493 e. The van der Waals surface area contributed by atoms with Crippen LogP contribution in [0.15, 0.2) is 36.4 Å². The second-order valence-electron chi connectivity index (χ2n) is 6.90. The van der Waals surface area contributed by atoms with Crippen molar-refractivity contribution >= 4 is 28.5 Å². The summed E-state index contributed by atoms with van der Waals surface area (Å²) in [6.07, 6.45) is 0.902. The topological polar surface area (TPSA) is 76.2 Å². The maximum absolute atomic E-state index is 12.6. The van der Waals surface area contributed by atoms with Crippen molar-refractivity contribution in [2.75, 3.05) is 13.7 Å². The molecule has 0 aliphatic heterocycles. The first-order chi connectivity index (χ1) is 13.5. The Morgan fingerprint density at radius 1 is 1.29 bits per heavy atom. The van der Waals surface area contributed by atoms with Gasteiger partial charge in [0, 0.05) is 5.56 Å². The number of H-pyrrole nitrogens is 1. The fraction of sp³-hybridized carbons (Fsp3) is 0.333. The molecule has 0 atom stereocenters. The lowest BCUT2D eigenvalue weighted by Gasteiger charge is -2.15. The zero-order valence-corrected chi connectivity index (χ0v) is 17.0. The number of benzene rings is 2. The highest BCUT2D eigenvalue weighted by molar-refractivity contribution is 6.32. The number of halogens is 1. The molecule has 1 amide bonds. The van der Waals surface area contributed by atoms with Gasteiger partial charge in [0.2, 0.25) is 0 Å². The number of hydrogen-bond acceptors (Lipinski definition) is 4. The third kappa shape index (κ3) is 4.75. The second-order valence-corrected chi connectivity index (χ2v) is 7.31. The second kappa shape index (κ2) is 8.97. The van der Waals surface area contributed by atoms with E-state index in [4.69, 9.17) is 21.1 Å². The lowest BCUT2D eigenvalue weighted by molar-refractivity contribution is 0.0949. The minimum Gasteiger partial charge on any atom is -0.493 e. The van der Waals surface area contributed by atoms with Gasteiger partial charge in [-0.2, -0.15) is 0 Å². The van der Waals surface area contributed by atoms with Crippen LogP contribution < -0.4 is 14.8 Å². The van der Waals surface area contributed by atoms with E-state index in [1.165, 1.54) is 7.11 Å². The number of nitrogens with one attached hydrogen (secondary N) is 2. The summed E-state index contributed by atoms with van der Waals surface area (Å²) in [5, 5.41) is 3.19. The molecular weight excluding hydrogens is 378 g/mol. The SMILES string of the molecule is COc1cc(C(=O)NCc2nc3ccccc3[nH]2)cc(Cl)c1OCCC(C)C. The maximum atomic E-state index is 12.6. The molecule has 28 heavy (non-hydrogen) atoms. The van der Waals surface area contributed by atoms with Gasteiger partial charge in [0.15, 0.2) is 11.5 Å². The minimum absolute atomic E-state index is 0.269. The number of imidazole rings is 1. The molecule has 1 heterocycles. The predicted molar refractivity (Wildman–Crippen MR) is 110 cm³/mol. The monoisotopic (exact) mass is 401 g/mol. The summed E-state index contributed by atoms with van der Waals surface area (Å²) >= 11 is 6.34. The summed E-state index contributed by atoms with van der Waals surface area (Å²) in [6.45, 7) is 5.06. The number of nitrogens with zero attached hydrogens (tertiary/aromatic N) is 1. The lowest BCUT2D eigenvalue weighted by atomic mass is 10.1. The quantitative estimate of drug-likeness (QED) is 0.579. The molecular formula is C21H24ClN3O3. The summed E-state index contributed by atoms with van der Waals surface area (Å²) < 4.78 is 11.1. The predicted octanol–water partition coefficient (Wildman–Crippen LogP) is 4.58. The van der Waals surface area contributed by atoms with Crippen molar-refractivity contribution in [1.29, 1.82) is 0 Å². The van der Waals surface area contributed by atoms with E-state index in [0.29, 0.717) is 40.4 Å². The standard InChI is InChI=1S/C21H24ClN3O3/c1-13(2)8-9-28-20-15(22)10-14(11-18(20)27-3)21(26)23-12-19-24-16-6-4-5-7-17(16)25-19/h4-7,10-11,13H,8-9,12H2,1-3H3,(H,23,26)(H,24,25). The fourth-order valence-electron chi connectivity index (χ4n) is 2.74. The van der Waals surface area contributed by atoms with Crippen LogP contribution in [0.3, 0.4) is 0 Å². The van der Waals surface area contributed by atoms with Crippen LogP contribution in [-0.2, 0) is 6.54 Å². The first-order valence-electron chi connectivity index (χ1n) is 9.20. The van der Waals surface area contributed by atoms with E-state index in [-0.39, 0.29) is 12.5 Å². The van der Waals surface area contributed by atoms with Crippen molar-refractivity contribution in [1.82, 2.24) is 15.3 Å². The number of aromatic nitrogens is 2. The molecule has 0 saturated carbocycles. The van der Waals surface area contributed by atoms with Crippen LogP contribution in [-0.4, -0.2) is 29.6 Å². The zero-order valence-electron chi connectivity index (χ0n) is 16.2. The Morgan fingerprint density at radius 2 is 2.07 bits per heavy atom. The third-order valence-electron chi connectivity index (χ3n) is 4.29. The van der Waals surface area contributed by atoms with Crippen LogP contribution in [0.5, 0.6) is 11.5 Å². The zero-order chi connectivity index (χ0) is 20.1. The van der Waals surface area contributed by atoms with Crippen LogP contribution >= 0.6 is 11.6 Å². The maximum Gasteiger partial charge on any atom is 0.251 e. The average molecular weight is 402 g/mol. The molecule has 0 aliphatic carbocycles. The van der Waals surface area contributed by atoms with Crippen molar-refractivity contribution in [2.24, 2.45) is 5.92 Å². The first kappa shape index (κ1) is 20.0. The van der Waals surface area contributed by atoms with Crippen LogP contribution in [0.2, 0.25) is 5.02 Å². The molecule has 2 aromatic carbocycles. The number of carbonyl (C=O) groups is 1. The van der Waals surface area contributed by atoms with Gasteiger partial charge >= 0.3 is 0 Å². The van der Waals surface area contributed by atoms with Gasteiger partial charge in [-0.15, -0.1) is 0 Å². The lowest BCUT2D eigenvalue weighted by Crippen LogP contribution is -2.23. The number of rotatable bonds is 8. The van der Waals surface area contributed by atoms with E-state index in [1.54, 1.807) is 12.1 Å². The molecule has 0 radical (unpaired) electrons. The Hall–Kier alpha value is -2.73. The van der Waals surface area contributed by atoms with E-state index in [0.717, 1.165) is 17.5 Å². The molecule has 7 heteroatoms. The van der Waals surface area contributed by atoms with Crippen molar-refractivity contribution in [3.63, 3.8) is 0 Å². The number of para-hydroxylation sites is 2. The van der Waals surface area contributed by atoms with E-state index in [2.05, 4.69) is 29.1 Å². The summed E-state index contributed by atoms with van der Waals surface area (Å²) in [5.74, 6) is 1.83. The highest BCUT2D eigenvalue weighted by Gasteiger charge is 2.16. The number of aromatic amines is 1. The Labute approximate surface area is 169 Å². The van der Waals surface area contributed by atoms with Crippen molar-refractivity contribution < 1.29 is 14.3 Å². The molecule has 3 rings (SSSR count). The molecule has 0 fully saturated rings. The Morgan fingerprint density at radius 3 is 2.79 bits per heavy atom. The highest BCUT2D eigenvalue weighted by Crippen LogP contribution is 2.36. The van der Waals surface area contributed by atoms with E-state index >= 15 is 0 Å². The Bertz CT molecular complexity index is 936. The van der Waals surface area contributed by atoms with Crippen molar-refractivity contribution in [3.05, 3.63) is 52.8 Å². The molecule has 2 N–H and O–H groups in total. The van der Waals surface area contributed by atoms with Gasteiger partial charge in [0.05, 0.1) is 36.3 Å². The molecule has 0 aliphatic rings.